The number of nitrogens with one attached hydrogen (secondary N) is 1. The lowest BCUT2D eigenvalue weighted by atomic mass is 9.87. The van der Waals surface area contributed by atoms with Crippen LogP contribution in [-0.2, 0) is 4.79 Å². The summed E-state index contributed by atoms with van der Waals surface area (Å²) in [7, 11) is 1.97. The summed E-state index contributed by atoms with van der Waals surface area (Å²) < 4.78 is 0. The van der Waals surface area contributed by atoms with Crippen molar-refractivity contribution in [2.24, 2.45) is 11.8 Å². The molecule has 2 rings (SSSR count). The molecular formula is C11H20N2OS. The van der Waals surface area contributed by atoms with Gasteiger partial charge in [0.25, 0.3) is 0 Å². The Bertz CT molecular complexity index is 237. The Morgan fingerprint density at radius 3 is 2.73 bits per heavy atom. The van der Waals surface area contributed by atoms with Gasteiger partial charge in [0, 0.05) is 24.8 Å². The molecule has 2 saturated heterocycles. The Balaban J connectivity index is 1.87. The smallest absolute Gasteiger partial charge is 0.225 e. The summed E-state index contributed by atoms with van der Waals surface area (Å²) in [5.41, 5.74) is 0. The first-order valence-corrected chi connectivity index (χ1v) is 6.90. The van der Waals surface area contributed by atoms with Crippen molar-refractivity contribution in [1.82, 2.24) is 10.2 Å². The van der Waals surface area contributed by atoms with E-state index in [0.29, 0.717) is 17.9 Å². The van der Waals surface area contributed by atoms with Crippen molar-refractivity contribution >= 4 is 17.7 Å². The Morgan fingerprint density at radius 1 is 1.53 bits per heavy atom. The lowest BCUT2D eigenvalue weighted by molar-refractivity contribution is -0.137. The van der Waals surface area contributed by atoms with Crippen LogP contribution in [0.3, 0.4) is 0 Å². The molecule has 0 bridgehead atoms. The highest BCUT2D eigenvalue weighted by Gasteiger charge is 2.33. The predicted octanol–water partition coefficient (Wildman–Crippen LogP) is 0.806. The molecule has 2 aliphatic rings. The van der Waals surface area contributed by atoms with E-state index >= 15 is 0 Å². The molecule has 2 aliphatic heterocycles. The van der Waals surface area contributed by atoms with E-state index in [1.807, 2.05) is 23.7 Å². The van der Waals surface area contributed by atoms with E-state index in [2.05, 4.69) is 12.2 Å². The minimum atomic E-state index is 0.196. The molecule has 2 fully saturated rings. The largest absolute Gasteiger partial charge is 0.342 e. The maximum atomic E-state index is 12.2. The van der Waals surface area contributed by atoms with Crippen LogP contribution in [0.1, 0.15) is 13.3 Å². The molecule has 3 nitrogen and oxygen atoms in total. The van der Waals surface area contributed by atoms with Gasteiger partial charge in [0.05, 0.1) is 0 Å². The quantitative estimate of drug-likeness (QED) is 0.776. The Hall–Kier alpha value is -0.220. The summed E-state index contributed by atoms with van der Waals surface area (Å²) in [6, 6.07) is 0.484. The molecule has 0 aromatic carbocycles. The summed E-state index contributed by atoms with van der Waals surface area (Å²) in [5.74, 6) is 3.43. The van der Waals surface area contributed by atoms with Crippen molar-refractivity contribution in [2.75, 3.05) is 31.6 Å². The number of hydrogen-bond acceptors (Lipinski definition) is 3. The molecule has 86 valence electrons. The van der Waals surface area contributed by atoms with E-state index in [-0.39, 0.29) is 5.92 Å². The highest BCUT2D eigenvalue weighted by Crippen LogP contribution is 2.25. The van der Waals surface area contributed by atoms with E-state index in [0.717, 1.165) is 18.8 Å². The van der Waals surface area contributed by atoms with Gasteiger partial charge in [0.1, 0.15) is 0 Å². The van der Waals surface area contributed by atoms with Crippen molar-refractivity contribution in [3.63, 3.8) is 0 Å². The fourth-order valence-corrected chi connectivity index (χ4v) is 3.46. The maximum absolute atomic E-state index is 12.2. The summed E-state index contributed by atoms with van der Waals surface area (Å²) in [5, 5.41) is 3.23. The normalized spacial score (nSPS) is 28.5. The third-order valence-electron chi connectivity index (χ3n) is 3.71. The van der Waals surface area contributed by atoms with E-state index in [9.17, 15) is 4.79 Å². The van der Waals surface area contributed by atoms with Crippen LogP contribution in [0.15, 0.2) is 0 Å². The second kappa shape index (κ2) is 4.74. The van der Waals surface area contributed by atoms with Gasteiger partial charge in [-0.1, -0.05) is 6.92 Å². The molecule has 0 aromatic heterocycles. The molecule has 2 atom stereocenters. The van der Waals surface area contributed by atoms with Gasteiger partial charge in [-0.25, -0.2) is 0 Å². The van der Waals surface area contributed by atoms with Crippen LogP contribution in [0.4, 0.5) is 0 Å². The zero-order valence-corrected chi connectivity index (χ0v) is 10.3. The molecule has 1 N–H and O–H groups in total. The molecule has 0 radical (unpaired) electrons. The average molecular weight is 228 g/mol. The average Bonchev–Trinajstić information content (AvgIpc) is 2.65. The number of nitrogens with zero attached hydrogens (tertiary/aromatic N) is 1. The van der Waals surface area contributed by atoms with Crippen LogP contribution in [-0.4, -0.2) is 48.5 Å². The van der Waals surface area contributed by atoms with E-state index in [1.54, 1.807) is 0 Å². The minimum absolute atomic E-state index is 0.196. The van der Waals surface area contributed by atoms with Gasteiger partial charge in [-0.05, 0) is 31.2 Å². The lowest BCUT2D eigenvalue weighted by Gasteiger charge is -2.35. The number of thioether (sulfide) groups is 1. The van der Waals surface area contributed by atoms with Gasteiger partial charge in [0.15, 0.2) is 0 Å². The molecule has 0 saturated carbocycles. The zero-order chi connectivity index (χ0) is 10.8. The van der Waals surface area contributed by atoms with Gasteiger partial charge >= 0.3 is 0 Å². The van der Waals surface area contributed by atoms with Gasteiger partial charge < -0.3 is 10.2 Å². The molecule has 15 heavy (non-hydrogen) atoms. The standard InChI is InChI=1S/C11H20N2OS/c1-8(9-5-12-6-9)11(14)13(2)10-3-4-15-7-10/h8-10,12H,3-7H2,1-2H3. The van der Waals surface area contributed by atoms with Crippen molar-refractivity contribution in [3.8, 4) is 0 Å². The van der Waals surface area contributed by atoms with Crippen molar-refractivity contribution in [3.05, 3.63) is 0 Å². The second-order valence-corrected chi connectivity index (χ2v) is 5.82. The van der Waals surface area contributed by atoms with Crippen molar-refractivity contribution < 1.29 is 4.79 Å². The van der Waals surface area contributed by atoms with Crippen LogP contribution >= 0.6 is 11.8 Å². The van der Waals surface area contributed by atoms with Crippen molar-refractivity contribution in [2.45, 2.75) is 19.4 Å². The molecule has 0 spiro atoms. The van der Waals surface area contributed by atoms with Gasteiger partial charge in [-0.2, -0.15) is 11.8 Å². The van der Waals surface area contributed by atoms with E-state index < -0.39 is 0 Å². The van der Waals surface area contributed by atoms with Crippen LogP contribution in [0.5, 0.6) is 0 Å². The molecule has 2 unspecified atom stereocenters. The Labute approximate surface area is 96.0 Å². The number of rotatable bonds is 3. The zero-order valence-electron chi connectivity index (χ0n) is 9.53. The predicted molar refractivity (Wildman–Crippen MR) is 64.0 cm³/mol. The summed E-state index contributed by atoms with van der Waals surface area (Å²) in [6.07, 6.45) is 1.17. The van der Waals surface area contributed by atoms with Gasteiger partial charge in [-0.3, -0.25) is 4.79 Å². The van der Waals surface area contributed by atoms with Crippen LogP contribution in [0, 0.1) is 11.8 Å². The maximum Gasteiger partial charge on any atom is 0.225 e. The number of carbonyl (C=O) groups excluding carboxylic acids is 1. The van der Waals surface area contributed by atoms with Crippen LogP contribution in [0.2, 0.25) is 0 Å². The Kier molecular flexibility index (Phi) is 3.57. The fraction of sp³-hybridized carbons (Fsp3) is 0.909. The summed E-state index contributed by atoms with van der Waals surface area (Å²) in [6.45, 7) is 4.10. The highest BCUT2D eigenvalue weighted by atomic mass is 32.2. The van der Waals surface area contributed by atoms with E-state index in [4.69, 9.17) is 0 Å². The molecule has 2 heterocycles. The van der Waals surface area contributed by atoms with Crippen LogP contribution in [0.25, 0.3) is 0 Å². The monoisotopic (exact) mass is 228 g/mol. The first-order chi connectivity index (χ1) is 7.20. The fourth-order valence-electron chi connectivity index (χ4n) is 2.19. The number of carbonyl (C=O) groups is 1. The van der Waals surface area contributed by atoms with Crippen molar-refractivity contribution in [1.29, 1.82) is 0 Å². The summed E-state index contributed by atoms with van der Waals surface area (Å²) >= 11 is 1.96. The molecule has 0 aromatic rings. The van der Waals surface area contributed by atoms with Crippen LogP contribution < -0.4 is 5.32 Å². The molecular weight excluding hydrogens is 208 g/mol. The lowest BCUT2D eigenvalue weighted by Crippen LogP contribution is -2.51. The SMILES string of the molecule is CC(C(=O)N(C)C1CCSC1)C1CNC1. The molecule has 1 amide bonds. The van der Waals surface area contributed by atoms with Gasteiger partial charge in [-0.15, -0.1) is 0 Å². The molecule has 0 aliphatic carbocycles. The second-order valence-electron chi connectivity index (χ2n) is 4.67. The third-order valence-corrected chi connectivity index (χ3v) is 4.86. The highest BCUT2D eigenvalue weighted by molar-refractivity contribution is 7.99. The minimum Gasteiger partial charge on any atom is -0.342 e. The first-order valence-electron chi connectivity index (χ1n) is 5.75. The van der Waals surface area contributed by atoms with Gasteiger partial charge in [0.2, 0.25) is 5.91 Å². The number of hydrogen-bond donors (Lipinski definition) is 1. The topological polar surface area (TPSA) is 32.3 Å². The third kappa shape index (κ3) is 2.31. The first kappa shape index (κ1) is 11.3. The molecule has 4 heteroatoms. The summed E-state index contributed by atoms with van der Waals surface area (Å²) in [4.78, 5) is 14.1. The Morgan fingerprint density at radius 2 is 2.27 bits per heavy atom. The number of amides is 1. The van der Waals surface area contributed by atoms with E-state index in [1.165, 1.54) is 12.2 Å².